The molecule has 0 bridgehead atoms. The van der Waals surface area contributed by atoms with E-state index in [2.05, 4.69) is 37.5 Å². The van der Waals surface area contributed by atoms with E-state index >= 15 is 0 Å². The SMILES string of the molecule is CCCCCCC(CCCC)COP(=O)(O)O.CCCCNCCCC. The lowest BCUT2D eigenvalue weighted by atomic mass is 9.96. The molecule has 0 aliphatic rings. The van der Waals surface area contributed by atoms with Gasteiger partial charge in [0.05, 0.1) is 6.61 Å². The molecule has 0 spiro atoms. The molecule has 5 nitrogen and oxygen atoms in total. The van der Waals surface area contributed by atoms with Crippen molar-refractivity contribution >= 4 is 7.82 Å². The average Bonchev–Trinajstić information content (AvgIpc) is 2.60. The Bertz CT molecular complexity index is 304. The zero-order chi connectivity index (χ0) is 20.1. The first kappa shape index (κ1) is 28.3. The first-order valence-electron chi connectivity index (χ1n) is 10.8. The molecule has 0 rings (SSSR count). The molecular weight excluding hydrogens is 349 g/mol. The van der Waals surface area contributed by atoms with E-state index in [-0.39, 0.29) is 6.61 Å². The van der Waals surface area contributed by atoms with Gasteiger partial charge in [0.1, 0.15) is 0 Å². The quantitative estimate of drug-likeness (QED) is 0.206. The zero-order valence-corrected chi connectivity index (χ0v) is 18.7. The lowest BCUT2D eigenvalue weighted by Gasteiger charge is -2.16. The fraction of sp³-hybridized carbons (Fsp3) is 1.00. The number of hydrogen-bond donors (Lipinski definition) is 3. The molecule has 0 fully saturated rings. The minimum absolute atomic E-state index is 0.191. The number of unbranched alkanes of at least 4 members (excludes halogenated alkanes) is 6. The van der Waals surface area contributed by atoms with E-state index < -0.39 is 7.82 Å². The summed E-state index contributed by atoms with van der Waals surface area (Å²) in [4.78, 5) is 17.4. The molecule has 0 saturated carbocycles. The minimum Gasteiger partial charge on any atom is -0.317 e. The van der Waals surface area contributed by atoms with E-state index in [0.717, 1.165) is 32.1 Å². The van der Waals surface area contributed by atoms with Crippen LogP contribution in [0.1, 0.15) is 105 Å². The monoisotopic (exact) mass is 395 g/mol. The van der Waals surface area contributed by atoms with Crippen molar-refractivity contribution in [2.45, 2.75) is 105 Å². The Morgan fingerprint density at radius 3 is 1.73 bits per heavy atom. The fourth-order valence-corrected chi connectivity index (χ4v) is 3.00. The van der Waals surface area contributed by atoms with Crippen LogP contribution in [-0.2, 0) is 9.09 Å². The maximum Gasteiger partial charge on any atom is 0.469 e. The number of phosphoric ester groups is 1. The standard InChI is InChI=1S/C12H27O4P.C8H19N/c1-3-5-7-8-10-12(9-6-4-2)11-16-17(13,14)15;1-3-5-7-9-8-6-4-2/h12H,3-11H2,1-2H3,(H2,13,14,15);9H,3-8H2,1-2H3. The van der Waals surface area contributed by atoms with Crippen molar-refractivity contribution in [2.75, 3.05) is 19.7 Å². The van der Waals surface area contributed by atoms with Gasteiger partial charge in [-0.15, -0.1) is 0 Å². The molecule has 3 N–H and O–H groups in total. The summed E-state index contributed by atoms with van der Waals surface area (Å²) in [6.07, 6.45) is 14.3. The van der Waals surface area contributed by atoms with Crippen LogP contribution in [0, 0.1) is 5.92 Å². The third-order valence-electron chi connectivity index (χ3n) is 4.32. The Hall–Kier alpha value is 0.0700. The third-order valence-corrected chi connectivity index (χ3v) is 4.81. The van der Waals surface area contributed by atoms with Crippen molar-refractivity contribution < 1.29 is 18.9 Å². The van der Waals surface area contributed by atoms with E-state index in [9.17, 15) is 4.57 Å². The highest BCUT2D eigenvalue weighted by atomic mass is 31.2. The molecule has 0 aliphatic carbocycles. The highest BCUT2D eigenvalue weighted by Crippen LogP contribution is 2.37. The summed E-state index contributed by atoms with van der Waals surface area (Å²) < 4.78 is 15.3. The first-order chi connectivity index (χ1) is 12.4. The van der Waals surface area contributed by atoms with E-state index in [0.29, 0.717) is 5.92 Å². The number of nitrogens with one attached hydrogen (secondary N) is 1. The minimum atomic E-state index is -4.30. The van der Waals surface area contributed by atoms with E-state index in [1.807, 2.05) is 0 Å². The summed E-state index contributed by atoms with van der Waals surface area (Å²) in [6, 6.07) is 0. The summed E-state index contributed by atoms with van der Waals surface area (Å²) in [7, 11) is -4.30. The van der Waals surface area contributed by atoms with Gasteiger partial charge in [-0.2, -0.15) is 0 Å². The van der Waals surface area contributed by atoms with Gasteiger partial charge in [0.25, 0.3) is 0 Å². The maximum atomic E-state index is 10.7. The Kier molecular flexibility index (Phi) is 23.2. The average molecular weight is 396 g/mol. The summed E-state index contributed by atoms with van der Waals surface area (Å²) in [5.74, 6) is 0.291. The predicted molar refractivity (Wildman–Crippen MR) is 112 cm³/mol. The molecule has 0 aromatic rings. The molecule has 0 radical (unpaired) electrons. The summed E-state index contributed by atoms with van der Waals surface area (Å²) in [5, 5.41) is 3.39. The van der Waals surface area contributed by atoms with Gasteiger partial charge in [-0.25, -0.2) is 4.57 Å². The van der Waals surface area contributed by atoms with Crippen molar-refractivity contribution in [1.29, 1.82) is 0 Å². The van der Waals surface area contributed by atoms with E-state index in [1.165, 1.54) is 58.0 Å². The molecule has 0 heterocycles. The van der Waals surface area contributed by atoms with Gasteiger partial charge in [-0.1, -0.05) is 79.1 Å². The Morgan fingerprint density at radius 2 is 1.27 bits per heavy atom. The molecule has 0 aromatic carbocycles. The second-order valence-corrected chi connectivity index (χ2v) is 8.34. The first-order valence-corrected chi connectivity index (χ1v) is 12.3. The van der Waals surface area contributed by atoms with E-state index in [1.54, 1.807) is 0 Å². The number of phosphoric acid groups is 1. The smallest absolute Gasteiger partial charge is 0.317 e. The Morgan fingerprint density at radius 1 is 0.769 bits per heavy atom. The third kappa shape index (κ3) is 26.3. The van der Waals surface area contributed by atoms with Crippen LogP contribution in [0.25, 0.3) is 0 Å². The summed E-state index contributed by atoms with van der Waals surface area (Å²) in [6.45, 7) is 11.3. The Labute approximate surface area is 162 Å². The van der Waals surface area contributed by atoms with Crippen LogP contribution in [0.4, 0.5) is 0 Å². The number of rotatable bonds is 17. The molecule has 26 heavy (non-hydrogen) atoms. The highest BCUT2D eigenvalue weighted by Gasteiger charge is 2.17. The van der Waals surface area contributed by atoms with Crippen molar-refractivity contribution in [3.63, 3.8) is 0 Å². The largest absolute Gasteiger partial charge is 0.469 e. The molecule has 6 heteroatoms. The zero-order valence-electron chi connectivity index (χ0n) is 17.8. The maximum absolute atomic E-state index is 10.7. The van der Waals surface area contributed by atoms with Crippen LogP contribution in [0.5, 0.6) is 0 Å². The van der Waals surface area contributed by atoms with Crippen LogP contribution < -0.4 is 5.32 Å². The van der Waals surface area contributed by atoms with Crippen molar-refractivity contribution in [2.24, 2.45) is 5.92 Å². The molecule has 0 aliphatic heterocycles. The Balaban J connectivity index is 0. The second-order valence-electron chi connectivity index (χ2n) is 7.10. The lowest BCUT2D eigenvalue weighted by molar-refractivity contribution is 0.157. The van der Waals surface area contributed by atoms with E-state index in [4.69, 9.17) is 9.79 Å². The molecular formula is C20H46NO4P. The normalized spacial score (nSPS) is 12.5. The molecule has 0 aromatic heterocycles. The molecule has 0 amide bonds. The van der Waals surface area contributed by atoms with Crippen LogP contribution in [0.3, 0.4) is 0 Å². The second kappa shape index (κ2) is 21.4. The van der Waals surface area contributed by atoms with Crippen LogP contribution >= 0.6 is 7.82 Å². The van der Waals surface area contributed by atoms with Gasteiger partial charge in [0.2, 0.25) is 0 Å². The summed E-state index contributed by atoms with van der Waals surface area (Å²) >= 11 is 0. The topological polar surface area (TPSA) is 78.8 Å². The van der Waals surface area contributed by atoms with Crippen molar-refractivity contribution in [3.8, 4) is 0 Å². The molecule has 160 valence electrons. The van der Waals surface area contributed by atoms with Crippen molar-refractivity contribution in [3.05, 3.63) is 0 Å². The highest BCUT2D eigenvalue weighted by molar-refractivity contribution is 7.46. The van der Waals surface area contributed by atoms with Gasteiger partial charge in [-0.05, 0) is 44.7 Å². The predicted octanol–water partition coefficient (Wildman–Crippen LogP) is 6.05. The molecule has 0 saturated heterocycles. The lowest BCUT2D eigenvalue weighted by Crippen LogP contribution is -2.15. The van der Waals surface area contributed by atoms with Crippen LogP contribution in [0.2, 0.25) is 0 Å². The summed E-state index contributed by atoms with van der Waals surface area (Å²) in [5.41, 5.74) is 0. The van der Waals surface area contributed by atoms with Gasteiger partial charge >= 0.3 is 7.82 Å². The van der Waals surface area contributed by atoms with Gasteiger partial charge in [-0.3, -0.25) is 4.52 Å². The molecule has 1 atom stereocenters. The van der Waals surface area contributed by atoms with Crippen LogP contribution in [-0.4, -0.2) is 29.5 Å². The van der Waals surface area contributed by atoms with Crippen LogP contribution in [0.15, 0.2) is 0 Å². The fourth-order valence-electron chi connectivity index (χ4n) is 2.59. The van der Waals surface area contributed by atoms with Gasteiger partial charge in [0.15, 0.2) is 0 Å². The molecule has 1 unspecified atom stereocenters. The van der Waals surface area contributed by atoms with Gasteiger partial charge < -0.3 is 15.1 Å². The number of hydrogen-bond acceptors (Lipinski definition) is 3. The van der Waals surface area contributed by atoms with Crippen molar-refractivity contribution in [1.82, 2.24) is 5.32 Å². The van der Waals surface area contributed by atoms with Gasteiger partial charge in [0, 0.05) is 0 Å².